The molecule has 0 saturated heterocycles. The number of amides is 1. The number of hydrogen-bond donors (Lipinski definition) is 2. The van der Waals surface area contributed by atoms with Crippen LogP contribution in [0.15, 0.2) is 88.8 Å². The maximum Gasteiger partial charge on any atom is 0.248 e. The van der Waals surface area contributed by atoms with Crippen molar-refractivity contribution in [2.24, 2.45) is 4.99 Å². The summed E-state index contributed by atoms with van der Waals surface area (Å²) < 4.78 is 0. The number of allylic oxidation sites excluding steroid dienone is 1. The fourth-order valence-electron chi connectivity index (χ4n) is 4.99. The third kappa shape index (κ3) is 3.31. The minimum Gasteiger partial charge on any atom is -0.324 e. The molecule has 0 bridgehead atoms. The zero-order valence-corrected chi connectivity index (χ0v) is 17.3. The van der Waals surface area contributed by atoms with Gasteiger partial charge in [-0.15, -0.1) is 0 Å². The van der Waals surface area contributed by atoms with Gasteiger partial charge in [-0.05, 0) is 35.6 Å². The molecule has 5 nitrogen and oxygen atoms in total. The second-order valence-electron chi connectivity index (χ2n) is 8.54. The summed E-state index contributed by atoms with van der Waals surface area (Å²) in [6.45, 7) is 1.70. The molecule has 0 saturated carbocycles. The summed E-state index contributed by atoms with van der Waals surface area (Å²) in [5.74, 6) is 0.882. The SMILES string of the molecule is O=C1C=CC2=CN=C(c3ccc(CNC4Cc5ccccc5C4)cc3)N3CCC(=C23)N1. The Labute approximate surface area is 181 Å². The van der Waals surface area contributed by atoms with Gasteiger partial charge in [0.1, 0.15) is 5.84 Å². The Hall–Kier alpha value is -3.44. The largest absolute Gasteiger partial charge is 0.324 e. The predicted molar refractivity (Wildman–Crippen MR) is 121 cm³/mol. The van der Waals surface area contributed by atoms with Crippen LogP contribution in [0.3, 0.4) is 0 Å². The Kier molecular flexibility index (Phi) is 4.35. The van der Waals surface area contributed by atoms with Crippen LogP contribution in [0.2, 0.25) is 0 Å². The quantitative estimate of drug-likeness (QED) is 0.817. The van der Waals surface area contributed by atoms with Crippen LogP contribution >= 0.6 is 0 Å². The molecule has 1 aliphatic carbocycles. The van der Waals surface area contributed by atoms with Crippen molar-refractivity contribution in [1.82, 2.24) is 15.5 Å². The molecule has 0 radical (unpaired) electrons. The number of rotatable bonds is 4. The van der Waals surface area contributed by atoms with E-state index in [0.717, 1.165) is 60.7 Å². The summed E-state index contributed by atoms with van der Waals surface area (Å²) in [6, 6.07) is 17.9. The van der Waals surface area contributed by atoms with E-state index < -0.39 is 0 Å². The van der Waals surface area contributed by atoms with Crippen molar-refractivity contribution < 1.29 is 4.79 Å². The molecular weight excluding hydrogens is 384 g/mol. The molecule has 0 fully saturated rings. The highest BCUT2D eigenvalue weighted by Gasteiger charge is 2.32. The van der Waals surface area contributed by atoms with E-state index in [0.29, 0.717) is 6.04 Å². The van der Waals surface area contributed by atoms with Crippen LogP contribution in [0.5, 0.6) is 0 Å². The fourth-order valence-corrected chi connectivity index (χ4v) is 4.99. The highest BCUT2D eigenvalue weighted by Crippen LogP contribution is 2.34. The first-order valence-corrected chi connectivity index (χ1v) is 10.9. The van der Waals surface area contributed by atoms with Crippen molar-refractivity contribution >= 4 is 11.7 Å². The summed E-state index contributed by atoms with van der Waals surface area (Å²) in [7, 11) is 0. The molecule has 2 N–H and O–H groups in total. The predicted octanol–water partition coefficient (Wildman–Crippen LogP) is 3.19. The molecule has 6 rings (SSSR count). The standard InChI is InChI=1S/C26H24N4O/c31-24-10-9-21-16-28-26(30-12-11-23(29-24)25(21)30)18-7-5-17(6-8-18)15-27-22-13-19-3-1-2-4-20(19)14-22/h1-10,16,22,27H,11-15H2,(H,29,31). The Balaban J connectivity index is 1.16. The Morgan fingerprint density at radius 3 is 2.58 bits per heavy atom. The number of nitrogens with one attached hydrogen (secondary N) is 2. The van der Waals surface area contributed by atoms with Crippen molar-refractivity contribution in [1.29, 1.82) is 0 Å². The van der Waals surface area contributed by atoms with Gasteiger partial charge in [-0.25, -0.2) is 4.99 Å². The number of carbonyl (C=O) groups is 1. The molecule has 31 heavy (non-hydrogen) atoms. The van der Waals surface area contributed by atoms with Gasteiger partial charge in [0.15, 0.2) is 0 Å². The molecule has 0 atom stereocenters. The molecule has 3 aliphatic heterocycles. The fraction of sp³-hybridized carbons (Fsp3) is 0.231. The van der Waals surface area contributed by atoms with Gasteiger partial charge in [-0.2, -0.15) is 0 Å². The van der Waals surface area contributed by atoms with Gasteiger partial charge in [0.25, 0.3) is 0 Å². The first kappa shape index (κ1) is 18.3. The van der Waals surface area contributed by atoms with E-state index in [9.17, 15) is 4.79 Å². The topological polar surface area (TPSA) is 56.7 Å². The van der Waals surface area contributed by atoms with Crippen LogP contribution in [0.25, 0.3) is 0 Å². The molecule has 2 aromatic carbocycles. The van der Waals surface area contributed by atoms with E-state index in [4.69, 9.17) is 4.99 Å². The monoisotopic (exact) mass is 408 g/mol. The Morgan fingerprint density at radius 2 is 1.81 bits per heavy atom. The van der Waals surface area contributed by atoms with Gasteiger partial charge in [-0.1, -0.05) is 48.5 Å². The van der Waals surface area contributed by atoms with E-state index in [2.05, 4.69) is 64.1 Å². The molecule has 154 valence electrons. The normalized spacial score (nSPS) is 19.6. The zero-order chi connectivity index (χ0) is 20.8. The molecule has 0 aromatic heterocycles. The van der Waals surface area contributed by atoms with Crippen molar-refractivity contribution in [3.05, 3.63) is 106 Å². The van der Waals surface area contributed by atoms with Crippen LogP contribution in [-0.4, -0.2) is 29.2 Å². The molecule has 5 heteroatoms. The summed E-state index contributed by atoms with van der Waals surface area (Å²) >= 11 is 0. The first-order chi connectivity index (χ1) is 15.2. The third-order valence-electron chi connectivity index (χ3n) is 6.54. The van der Waals surface area contributed by atoms with Gasteiger partial charge >= 0.3 is 0 Å². The third-order valence-corrected chi connectivity index (χ3v) is 6.54. The highest BCUT2D eigenvalue weighted by molar-refractivity contribution is 6.02. The minimum atomic E-state index is -0.0663. The van der Waals surface area contributed by atoms with Crippen LogP contribution < -0.4 is 10.6 Å². The van der Waals surface area contributed by atoms with Crippen molar-refractivity contribution in [2.75, 3.05) is 6.54 Å². The maximum absolute atomic E-state index is 11.9. The molecule has 0 spiro atoms. The van der Waals surface area contributed by atoms with Crippen molar-refractivity contribution in [3.8, 4) is 0 Å². The van der Waals surface area contributed by atoms with E-state index in [1.807, 2.05) is 12.3 Å². The molecule has 0 unspecified atom stereocenters. The van der Waals surface area contributed by atoms with Gasteiger partial charge in [0.2, 0.25) is 5.91 Å². The zero-order valence-electron chi connectivity index (χ0n) is 17.3. The number of benzene rings is 2. The lowest BCUT2D eigenvalue weighted by Crippen LogP contribution is -2.31. The van der Waals surface area contributed by atoms with Crippen molar-refractivity contribution in [3.63, 3.8) is 0 Å². The first-order valence-electron chi connectivity index (χ1n) is 10.9. The highest BCUT2D eigenvalue weighted by atomic mass is 16.1. The van der Waals surface area contributed by atoms with E-state index in [1.54, 1.807) is 6.08 Å². The molecule has 3 heterocycles. The van der Waals surface area contributed by atoms with Crippen LogP contribution in [0.4, 0.5) is 0 Å². The molecule has 2 aromatic rings. The maximum atomic E-state index is 11.9. The second kappa shape index (κ2) is 7.36. The van der Waals surface area contributed by atoms with Crippen LogP contribution in [0.1, 0.15) is 28.7 Å². The Morgan fingerprint density at radius 1 is 1.03 bits per heavy atom. The summed E-state index contributed by atoms with van der Waals surface area (Å²) in [6.07, 6.45) is 8.34. The van der Waals surface area contributed by atoms with Crippen molar-refractivity contribution in [2.45, 2.75) is 31.8 Å². The molecular formula is C26H24N4O. The number of hydrogen-bond acceptors (Lipinski definition) is 4. The van der Waals surface area contributed by atoms with Gasteiger partial charge < -0.3 is 15.5 Å². The second-order valence-corrected chi connectivity index (χ2v) is 8.54. The average molecular weight is 409 g/mol. The summed E-state index contributed by atoms with van der Waals surface area (Å²) in [5, 5.41) is 6.72. The lowest BCUT2D eigenvalue weighted by atomic mass is 10.1. The smallest absolute Gasteiger partial charge is 0.248 e. The molecule has 1 amide bonds. The lowest BCUT2D eigenvalue weighted by molar-refractivity contribution is -0.115. The van der Waals surface area contributed by atoms with Crippen LogP contribution in [-0.2, 0) is 24.2 Å². The number of nitrogens with zero attached hydrogens (tertiary/aromatic N) is 2. The van der Waals surface area contributed by atoms with Gasteiger partial charge in [0.05, 0.1) is 5.70 Å². The van der Waals surface area contributed by atoms with E-state index in [1.165, 1.54) is 16.7 Å². The number of fused-ring (bicyclic) bond motifs is 1. The lowest BCUT2D eigenvalue weighted by Gasteiger charge is -2.27. The van der Waals surface area contributed by atoms with E-state index in [-0.39, 0.29) is 5.91 Å². The van der Waals surface area contributed by atoms with Gasteiger partial charge in [0, 0.05) is 54.7 Å². The minimum absolute atomic E-state index is 0.0663. The number of amidine groups is 1. The number of carbonyl (C=O) groups excluding carboxylic acids is 1. The molecule has 4 aliphatic rings. The summed E-state index contributed by atoms with van der Waals surface area (Å²) in [5.41, 5.74) is 8.39. The van der Waals surface area contributed by atoms with Gasteiger partial charge in [-0.3, -0.25) is 4.79 Å². The number of aliphatic imine (C=N–C) groups is 1. The Bertz CT molecular complexity index is 1160. The van der Waals surface area contributed by atoms with E-state index >= 15 is 0 Å². The van der Waals surface area contributed by atoms with Crippen LogP contribution in [0, 0.1) is 0 Å². The summed E-state index contributed by atoms with van der Waals surface area (Å²) in [4.78, 5) is 18.9. The average Bonchev–Trinajstić information content (AvgIpc) is 3.36.